The molecule has 0 atom stereocenters. The molecule has 17 heavy (non-hydrogen) atoms. The van der Waals surface area contributed by atoms with E-state index in [9.17, 15) is 14.9 Å². The molecule has 90 valence electrons. The molecule has 0 radical (unpaired) electrons. The first-order valence-electron chi connectivity index (χ1n) is 5.01. The largest absolute Gasteiger partial charge is 0.480 e. The molecule has 0 bridgehead atoms. The monoisotopic (exact) mass is 238 g/mol. The SMILES string of the molecule is O=C(O)C1(Nc2ncc([N+](=O)[O-])cn2)CCC1. The third-order valence-corrected chi connectivity index (χ3v) is 2.82. The van der Waals surface area contributed by atoms with Crippen LogP contribution >= 0.6 is 0 Å². The van der Waals surface area contributed by atoms with Crippen molar-refractivity contribution in [3.63, 3.8) is 0 Å². The fourth-order valence-electron chi connectivity index (χ4n) is 1.62. The molecular weight excluding hydrogens is 228 g/mol. The highest BCUT2D eigenvalue weighted by Crippen LogP contribution is 2.34. The molecule has 1 aliphatic carbocycles. The van der Waals surface area contributed by atoms with Crippen molar-refractivity contribution >= 4 is 17.6 Å². The summed E-state index contributed by atoms with van der Waals surface area (Å²) in [5.74, 6) is -0.858. The Morgan fingerprint density at radius 1 is 1.47 bits per heavy atom. The van der Waals surface area contributed by atoms with Gasteiger partial charge < -0.3 is 10.4 Å². The molecule has 2 N–H and O–H groups in total. The van der Waals surface area contributed by atoms with Gasteiger partial charge in [0.25, 0.3) is 0 Å². The van der Waals surface area contributed by atoms with Gasteiger partial charge in [-0.2, -0.15) is 0 Å². The molecule has 1 fully saturated rings. The quantitative estimate of drug-likeness (QED) is 0.588. The van der Waals surface area contributed by atoms with Gasteiger partial charge in [0.2, 0.25) is 5.95 Å². The van der Waals surface area contributed by atoms with Crippen molar-refractivity contribution in [2.75, 3.05) is 5.32 Å². The van der Waals surface area contributed by atoms with Crippen LogP contribution in [0.1, 0.15) is 19.3 Å². The first-order valence-corrected chi connectivity index (χ1v) is 5.01. The molecule has 8 nitrogen and oxygen atoms in total. The third-order valence-electron chi connectivity index (χ3n) is 2.82. The molecular formula is C9H10N4O4. The summed E-state index contributed by atoms with van der Waals surface area (Å²) in [5.41, 5.74) is -1.25. The Balaban J connectivity index is 2.13. The number of carbonyl (C=O) groups is 1. The lowest BCUT2D eigenvalue weighted by molar-refractivity contribution is -0.385. The molecule has 0 saturated heterocycles. The number of nitro groups is 1. The van der Waals surface area contributed by atoms with Gasteiger partial charge in [-0.3, -0.25) is 10.1 Å². The lowest BCUT2D eigenvalue weighted by Crippen LogP contribution is -2.52. The van der Waals surface area contributed by atoms with Crippen LogP contribution in [-0.4, -0.2) is 31.5 Å². The average molecular weight is 238 g/mol. The van der Waals surface area contributed by atoms with E-state index < -0.39 is 16.4 Å². The standard InChI is InChI=1S/C9H10N4O4/c14-7(15)9(2-1-3-9)12-8-10-4-6(5-11-8)13(16)17/h4-5H,1-3H2,(H,14,15)(H,10,11,12). The molecule has 1 aromatic rings. The van der Waals surface area contributed by atoms with E-state index >= 15 is 0 Å². The van der Waals surface area contributed by atoms with E-state index in [1.54, 1.807) is 0 Å². The van der Waals surface area contributed by atoms with Crippen LogP contribution in [0.5, 0.6) is 0 Å². The minimum absolute atomic E-state index is 0.0951. The molecule has 0 spiro atoms. The van der Waals surface area contributed by atoms with Gasteiger partial charge >= 0.3 is 11.7 Å². The zero-order valence-corrected chi connectivity index (χ0v) is 8.79. The van der Waals surface area contributed by atoms with Crippen LogP contribution in [0.3, 0.4) is 0 Å². The molecule has 2 rings (SSSR count). The summed E-state index contributed by atoms with van der Waals surface area (Å²) in [4.78, 5) is 28.3. The zero-order chi connectivity index (χ0) is 12.5. The van der Waals surface area contributed by atoms with Gasteiger partial charge in [-0.15, -0.1) is 0 Å². The molecule has 8 heteroatoms. The molecule has 0 unspecified atom stereocenters. The van der Waals surface area contributed by atoms with Gasteiger partial charge in [0, 0.05) is 0 Å². The van der Waals surface area contributed by atoms with E-state index in [-0.39, 0.29) is 11.6 Å². The number of hydrogen-bond acceptors (Lipinski definition) is 6. The van der Waals surface area contributed by atoms with Gasteiger partial charge in [0.05, 0.1) is 4.92 Å². The molecule has 0 aromatic carbocycles. The van der Waals surface area contributed by atoms with E-state index in [0.717, 1.165) is 18.8 Å². The van der Waals surface area contributed by atoms with Crippen molar-refractivity contribution in [2.45, 2.75) is 24.8 Å². The summed E-state index contributed by atoms with van der Waals surface area (Å²) in [5, 5.41) is 22.2. The van der Waals surface area contributed by atoms with Crippen molar-refractivity contribution in [3.05, 3.63) is 22.5 Å². The first kappa shape index (κ1) is 11.2. The summed E-state index contributed by atoms with van der Waals surface area (Å²) < 4.78 is 0. The summed E-state index contributed by atoms with van der Waals surface area (Å²) in [6, 6.07) is 0. The van der Waals surface area contributed by atoms with Gasteiger partial charge in [0.15, 0.2) is 0 Å². The summed E-state index contributed by atoms with van der Waals surface area (Å²) in [6.07, 6.45) is 3.92. The van der Waals surface area contributed by atoms with Crippen LogP contribution in [0.2, 0.25) is 0 Å². The Kier molecular flexibility index (Phi) is 2.62. The van der Waals surface area contributed by atoms with E-state index in [0.29, 0.717) is 12.8 Å². The summed E-state index contributed by atoms with van der Waals surface area (Å²) >= 11 is 0. The van der Waals surface area contributed by atoms with Crippen LogP contribution in [0.25, 0.3) is 0 Å². The van der Waals surface area contributed by atoms with Gasteiger partial charge in [0.1, 0.15) is 17.9 Å². The molecule has 0 aliphatic heterocycles. The van der Waals surface area contributed by atoms with Crippen molar-refractivity contribution < 1.29 is 14.8 Å². The Hall–Kier alpha value is -2.25. The smallest absolute Gasteiger partial charge is 0.329 e. The zero-order valence-electron chi connectivity index (χ0n) is 8.79. The number of carboxylic acid groups (broad SMARTS) is 1. The molecule has 1 aliphatic rings. The number of anilines is 1. The van der Waals surface area contributed by atoms with Crippen LogP contribution in [0.4, 0.5) is 11.6 Å². The third kappa shape index (κ3) is 2.01. The van der Waals surface area contributed by atoms with Gasteiger partial charge in [-0.1, -0.05) is 0 Å². The minimum atomic E-state index is -1.02. The molecule has 1 heterocycles. The number of nitrogens with one attached hydrogen (secondary N) is 1. The van der Waals surface area contributed by atoms with Crippen LogP contribution in [0, 0.1) is 10.1 Å². The predicted molar refractivity (Wildman–Crippen MR) is 56.5 cm³/mol. The van der Waals surface area contributed by atoms with Crippen LogP contribution < -0.4 is 5.32 Å². The van der Waals surface area contributed by atoms with Crippen molar-refractivity contribution in [3.8, 4) is 0 Å². The van der Waals surface area contributed by atoms with E-state index in [2.05, 4.69) is 15.3 Å². The number of carboxylic acids is 1. The van der Waals surface area contributed by atoms with E-state index in [4.69, 9.17) is 5.11 Å². The van der Waals surface area contributed by atoms with E-state index in [1.165, 1.54) is 0 Å². The maximum Gasteiger partial charge on any atom is 0.329 e. The number of hydrogen-bond donors (Lipinski definition) is 2. The second-order valence-corrected chi connectivity index (χ2v) is 3.89. The highest BCUT2D eigenvalue weighted by atomic mass is 16.6. The maximum absolute atomic E-state index is 11.1. The number of aromatic nitrogens is 2. The minimum Gasteiger partial charge on any atom is -0.480 e. The number of aliphatic carboxylic acids is 1. The maximum atomic E-state index is 11.1. The fourth-order valence-corrected chi connectivity index (χ4v) is 1.62. The molecule has 0 amide bonds. The van der Waals surface area contributed by atoms with Gasteiger partial charge in [-0.25, -0.2) is 14.8 Å². The van der Waals surface area contributed by atoms with Crippen LogP contribution in [-0.2, 0) is 4.79 Å². The average Bonchev–Trinajstić information content (AvgIpc) is 2.23. The Labute approximate surface area is 95.8 Å². The topological polar surface area (TPSA) is 118 Å². The fraction of sp³-hybridized carbons (Fsp3) is 0.444. The van der Waals surface area contributed by atoms with Crippen molar-refractivity contribution in [2.24, 2.45) is 0 Å². The van der Waals surface area contributed by atoms with Crippen LogP contribution in [0.15, 0.2) is 12.4 Å². The Bertz CT molecular complexity index is 455. The summed E-state index contributed by atoms with van der Waals surface area (Å²) in [7, 11) is 0. The Morgan fingerprint density at radius 2 is 2.06 bits per heavy atom. The van der Waals surface area contributed by atoms with Gasteiger partial charge in [-0.05, 0) is 19.3 Å². The summed E-state index contributed by atoms with van der Waals surface area (Å²) in [6.45, 7) is 0. The second kappa shape index (κ2) is 3.96. The number of rotatable bonds is 4. The highest BCUT2D eigenvalue weighted by Gasteiger charge is 2.45. The normalized spacial score (nSPS) is 16.9. The molecule has 1 aromatic heterocycles. The number of nitrogens with zero attached hydrogens (tertiary/aromatic N) is 3. The lowest BCUT2D eigenvalue weighted by Gasteiger charge is -2.38. The van der Waals surface area contributed by atoms with Crippen molar-refractivity contribution in [1.29, 1.82) is 0 Å². The van der Waals surface area contributed by atoms with E-state index in [1.807, 2.05) is 0 Å². The second-order valence-electron chi connectivity index (χ2n) is 3.89. The predicted octanol–water partition coefficient (Wildman–Crippen LogP) is 0.804. The highest BCUT2D eigenvalue weighted by molar-refractivity contribution is 5.83. The Morgan fingerprint density at radius 3 is 2.41 bits per heavy atom. The lowest BCUT2D eigenvalue weighted by atomic mass is 9.77. The molecule has 1 saturated carbocycles. The first-order chi connectivity index (χ1) is 8.03. The van der Waals surface area contributed by atoms with Crippen molar-refractivity contribution in [1.82, 2.24) is 9.97 Å².